The summed E-state index contributed by atoms with van der Waals surface area (Å²) in [5.74, 6) is -0.924. The maximum atomic E-state index is 12.2. The Balaban J connectivity index is 2.68. The van der Waals surface area contributed by atoms with Gasteiger partial charge in [0.15, 0.2) is 5.69 Å². The van der Waals surface area contributed by atoms with E-state index in [1.807, 2.05) is 0 Å². The van der Waals surface area contributed by atoms with Crippen LogP contribution in [0.3, 0.4) is 0 Å². The van der Waals surface area contributed by atoms with Crippen molar-refractivity contribution in [3.8, 4) is 0 Å². The number of aromatic nitrogens is 2. The molecule has 0 unspecified atom stereocenters. The number of anilines is 1. The molecule has 2 N–H and O–H groups in total. The monoisotopic (exact) mass is 263 g/mol. The van der Waals surface area contributed by atoms with Crippen molar-refractivity contribution in [2.24, 2.45) is 5.41 Å². The zero-order valence-electron chi connectivity index (χ0n) is 9.75. The summed E-state index contributed by atoms with van der Waals surface area (Å²) in [6, 6.07) is 1.89. The van der Waals surface area contributed by atoms with Gasteiger partial charge in [-0.2, -0.15) is 13.2 Å². The Kier molecular flexibility index (Phi) is 3.78. The van der Waals surface area contributed by atoms with Crippen LogP contribution in [0.5, 0.6) is 0 Å². The number of hydrogen-bond donors (Lipinski definition) is 2. The summed E-state index contributed by atoms with van der Waals surface area (Å²) in [5, 5.41) is 17.8. The minimum atomic E-state index is -4.54. The van der Waals surface area contributed by atoms with Gasteiger partial charge in [-0.15, -0.1) is 10.2 Å². The molecular weight excluding hydrogens is 251 g/mol. The fraction of sp³-hybridized carbons (Fsp3) is 0.500. The Hall–Kier alpha value is -1.86. The van der Waals surface area contributed by atoms with E-state index in [1.165, 1.54) is 13.8 Å². The average Bonchev–Trinajstić information content (AvgIpc) is 2.25. The van der Waals surface area contributed by atoms with Gasteiger partial charge in [-0.05, 0) is 26.0 Å². The molecule has 0 bridgehead atoms. The molecule has 5 nitrogen and oxygen atoms in total. The van der Waals surface area contributed by atoms with E-state index in [9.17, 15) is 18.0 Å². The highest BCUT2D eigenvalue weighted by Crippen LogP contribution is 2.27. The van der Waals surface area contributed by atoms with Crippen LogP contribution in [0.4, 0.5) is 19.0 Å². The van der Waals surface area contributed by atoms with Crippen LogP contribution in [0.15, 0.2) is 12.1 Å². The summed E-state index contributed by atoms with van der Waals surface area (Å²) in [6.07, 6.45) is -4.54. The van der Waals surface area contributed by atoms with E-state index in [2.05, 4.69) is 15.5 Å². The number of aliphatic carboxylic acids is 1. The molecule has 1 heterocycles. The highest BCUT2D eigenvalue weighted by atomic mass is 19.4. The van der Waals surface area contributed by atoms with E-state index in [4.69, 9.17) is 5.11 Å². The van der Waals surface area contributed by atoms with Crippen LogP contribution in [-0.2, 0) is 11.0 Å². The summed E-state index contributed by atoms with van der Waals surface area (Å²) in [7, 11) is 0. The molecule has 0 fully saturated rings. The molecule has 1 aromatic heterocycles. The second-order valence-electron chi connectivity index (χ2n) is 4.34. The van der Waals surface area contributed by atoms with Crippen molar-refractivity contribution in [2.75, 3.05) is 11.9 Å². The van der Waals surface area contributed by atoms with Crippen molar-refractivity contribution in [3.05, 3.63) is 17.8 Å². The Morgan fingerprint density at radius 2 is 1.94 bits per heavy atom. The zero-order chi connectivity index (χ0) is 14.0. The first-order valence-corrected chi connectivity index (χ1v) is 5.01. The molecule has 0 amide bonds. The highest BCUT2D eigenvalue weighted by molar-refractivity contribution is 5.74. The van der Waals surface area contributed by atoms with Gasteiger partial charge in [0, 0.05) is 6.54 Å². The second kappa shape index (κ2) is 4.79. The first-order chi connectivity index (χ1) is 8.13. The standard InChI is InChI=1S/C10H12F3N3O2/c1-9(2,8(17)18)5-14-7-4-3-6(15-16-7)10(11,12)13/h3-4H,5H2,1-2H3,(H,14,16)(H,17,18). The molecule has 0 saturated carbocycles. The van der Waals surface area contributed by atoms with Gasteiger partial charge in [-0.25, -0.2) is 0 Å². The minimum Gasteiger partial charge on any atom is -0.481 e. The molecule has 0 aromatic carbocycles. The van der Waals surface area contributed by atoms with Gasteiger partial charge >= 0.3 is 12.1 Å². The predicted octanol–water partition coefficient (Wildman–Crippen LogP) is 2.02. The number of carboxylic acid groups (broad SMARTS) is 1. The van der Waals surface area contributed by atoms with Crippen LogP contribution in [0, 0.1) is 5.41 Å². The van der Waals surface area contributed by atoms with E-state index < -0.39 is 23.3 Å². The number of alkyl halides is 3. The predicted molar refractivity (Wildman–Crippen MR) is 56.9 cm³/mol. The molecule has 0 spiro atoms. The van der Waals surface area contributed by atoms with Crippen molar-refractivity contribution in [1.29, 1.82) is 0 Å². The molecule has 1 aromatic rings. The minimum absolute atomic E-state index is 0.0301. The van der Waals surface area contributed by atoms with Crippen LogP contribution in [0.25, 0.3) is 0 Å². The lowest BCUT2D eigenvalue weighted by atomic mass is 9.94. The van der Waals surface area contributed by atoms with E-state index in [1.54, 1.807) is 0 Å². The summed E-state index contributed by atoms with van der Waals surface area (Å²) >= 11 is 0. The molecule has 8 heteroatoms. The summed E-state index contributed by atoms with van der Waals surface area (Å²) in [6.45, 7) is 3.00. The quantitative estimate of drug-likeness (QED) is 0.869. The fourth-order valence-corrected chi connectivity index (χ4v) is 0.965. The van der Waals surface area contributed by atoms with Crippen molar-refractivity contribution in [2.45, 2.75) is 20.0 Å². The normalized spacial score (nSPS) is 12.3. The summed E-state index contributed by atoms with van der Waals surface area (Å²) in [5.41, 5.74) is -2.14. The maximum absolute atomic E-state index is 12.2. The first kappa shape index (κ1) is 14.2. The molecule has 0 aliphatic rings. The third kappa shape index (κ3) is 3.57. The number of halogens is 3. The third-order valence-corrected chi connectivity index (χ3v) is 2.25. The van der Waals surface area contributed by atoms with Crippen LogP contribution >= 0.6 is 0 Å². The lowest BCUT2D eigenvalue weighted by molar-refractivity contribution is -0.146. The van der Waals surface area contributed by atoms with Gasteiger partial charge in [0.1, 0.15) is 5.82 Å². The lowest BCUT2D eigenvalue weighted by Crippen LogP contribution is -2.32. The Bertz CT molecular complexity index is 429. The van der Waals surface area contributed by atoms with Crippen molar-refractivity contribution in [3.63, 3.8) is 0 Å². The van der Waals surface area contributed by atoms with Gasteiger partial charge < -0.3 is 10.4 Å². The number of carbonyl (C=O) groups is 1. The molecule has 0 aliphatic heterocycles. The van der Waals surface area contributed by atoms with Crippen molar-refractivity contribution >= 4 is 11.8 Å². The number of nitrogens with zero attached hydrogens (tertiary/aromatic N) is 2. The Morgan fingerprint density at radius 1 is 1.33 bits per heavy atom. The fourth-order valence-electron chi connectivity index (χ4n) is 0.965. The first-order valence-electron chi connectivity index (χ1n) is 5.01. The zero-order valence-corrected chi connectivity index (χ0v) is 9.75. The second-order valence-corrected chi connectivity index (χ2v) is 4.34. The number of carboxylic acids is 1. The van der Waals surface area contributed by atoms with E-state index >= 15 is 0 Å². The van der Waals surface area contributed by atoms with Gasteiger partial charge in [0.2, 0.25) is 0 Å². The Labute approximate surface area is 101 Å². The van der Waals surface area contributed by atoms with E-state index in [-0.39, 0.29) is 12.4 Å². The van der Waals surface area contributed by atoms with E-state index in [0.717, 1.165) is 12.1 Å². The molecule has 0 saturated heterocycles. The van der Waals surface area contributed by atoms with Crippen LogP contribution in [-0.4, -0.2) is 27.8 Å². The van der Waals surface area contributed by atoms with Crippen molar-refractivity contribution < 1.29 is 23.1 Å². The highest BCUT2D eigenvalue weighted by Gasteiger charge is 2.33. The van der Waals surface area contributed by atoms with Crippen LogP contribution in [0.2, 0.25) is 0 Å². The van der Waals surface area contributed by atoms with Gasteiger partial charge in [-0.1, -0.05) is 0 Å². The van der Waals surface area contributed by atoms with Gasteiger partial charge in [0.05, 0.1) is 5.41 Å². The topological polar surface area (TPSA) is 75.1 Å². The summed E-state index contributed by atoms with van der Waals surface area (Å²) < 4.78 is 36.6. The Morgan fingerprint density at radius 3 is 2.33 bits per heavy atom. The van der Waals surface area contributed by atoms with Gasteiger partial charge in [-0.3, -0.25) is 4.79 Å². The summed E-state index contributed by atoms with van der Waals surface area (Å²) in [4.78, 5) is 10.8. The molecule has 0 aliphatic carbocycles. The smallest absolute Gasteiger partial charge is 0.435 e. The number of rotatable bonds is 4. The van der Waals surface area contributed by atoms with Crippen LogP contribution in [0.1, 0.15) is 19.5 Å². The molecule has 100 valence electrons. The third-order valence-electron chi connectivity index (χ3n) is 2.25. The van der Waals surface area contributed by atoms with E-state index in [0.29, 0.717) is 0 Å². The molecule has 0 radical (unpaired) electrons. The SMILES string of the molecule is CC(C)(CNc1ccc(C(F)(F)F)nn1)C(=O)O. The molecule has 18 heavy (non-hydrogen) atoms. The number of nitrogens with one attached hydrogen (secondary N) is 1. The number of hydrogen-bond acceptors (Lipinski definition) is 4. The maximum Gasteiger partial charge on any atom is 0.435 e. The molecule has 0 atom stereocenters. The van der Waals surface area contributed by atoms with Crippen LogP contribution < -0.4 is 5.32 Å². The van der Waals surface area contributed by atoms with Gasteiger partial charge in [0.25, 0.3) is 0 Å². The average molecular weight is 263 g/mol. The molecule has 1 rings (SSSR count). The van der Waals surface area contributed by atoms with Crippen molar-refractivity contribution in [1.82, 2.24) is 10.2 Å². The lowest BCUT2D eigenvalue weighted by Gasteiger charge is -2.19. The largest absolute Gasteiger partial charge is 0.481 e. The molecular formula is C10H12F3N3O2.